The highest BCUT2D eigenvalue weighted by Crippen LogP contribution is 2.26. The normalized spacial score (nSPS) is 8.53. The Morgan fingerprint density at radius 3 is 2.73 bits per heavy atom. The summed E-state index contributed by atoms with van der Waals surface area (Å²) >= 11 is 0. The number of benzene rings is 1. The molecule has 0 bridgehead atoms. The van der Waals surface area contributed by atoms with Crippen LogP contribution in [0, 0.1) is 40.2 Å². The Labute approximate surface area is 86.3 Å². The third-order valence-corrected chi connectivity index (χ3v) is 1.82. The van der Waals surface area contributed by atoms with Gasteiger partial charge in [-0.3, -0.25) is 10.1 Å². The number of aryl methyl sites for hydroxylation is 1. The van der Waals surface area contributed by atoms with E-state index in [4.69, 9.17) is 11.0 Å². The summed E-state index contributed by atoms with van der Waals surface area (Å²) in [6.07, 6.45) is 0. The van der Waals surface area contributed by atoms with Gasteiger partial charge in [0, 0.05) is 17.6 Å². The van der Waals surface area contributed by atoms with Crippen LogP contribution in [0.5, 0.6) is 0 Å². The number of hydrogen-bond donors (Lipinski definition) is 1. The molecule has 0 amide bonds. The van der Waals surface area contributed by atoms with Gasteiger partial charge in [0.05, 0.1) is 4.92 Å². The fraction of sp³-hybridized carbons (Fsp3) is 0.100. The fourth-order valence-electron chi connectivity index (χ4n) is 1.10. The van der Waals surface area contributed by atoms with Gasteiger partial charge >= 0.3 is 0 Å². The van der Waals surface area contributed by atoms with E-state index in [1.807, 2.05) is 0 Å². The zero-order chi connectivity index (χ0) is 11.4. The molecule has 0 saturated heterocycles. The second-order valence-corrected chi connectivity index (χ2v) is 2.84. The summed E-state index contributed by atoms with van der Waals surface area (Å²) in [5, 5.41) is 18.9. The lowest BCUT2D eigenvalue weighted by Crippen LogP contribution is -1.98. The molecule has 0 saturated carbocycles. The van der Waals surface area contributed by atoms with Crippen molar-refractivity contribution >= 4 is 11.4 Å². The zero-order valence-corrected chi connectivity index (χ0v) is 7.94. The number of nitriles is 1. The first-order valence-corrected chi connectivity index (χ1v) is 4.01. The van der Waals surface area contributed by atoms with E-state index >= 15 is 0 Å². The maximum Gasteiger partial charge on any atom is 0.293 e. The molecule has 0 spiro atoms. The lowest BCUT2D eigenvalue weighted by atomic mass is 10.1. The molecule has 1 rings (SSSR count). The Balaban J connectivity index is 3.37. The van der Waals surface area contributed by atoms with Gasteiger partial charge in [-0.15, -0.1) is 0 Å². The maximum atomic E-state index is 10.6. The molecule has 0 aliphatic heterocycles. The Morgan fingerprint density at radius 2 is 2.20 bits per heavy atom. The molecule has 0 aromatic heterocycles. The molecular weight excluding hydrogens is 194 g/mol. The monoisotopic (exact) mass is 201 g/mol. The van der Waals surface area contributed by atoms with Crippen molar-refractivity contribution in [3.63, 3.8) is 0 Å². The average Bonchev–Trinajstić information content (AvgIpc) is 2.19. The van der Waals surface area contributed by atoms with Gasteiger partial charge in [-0.2, -0.15) is 5.26 Å². The molecule has 2 N–H and O–H groups in total. The van der Waals surface area contributed by atoms with Crippen molar-refractivity contribution in [1.29, 1.82) is 5.26 Å². The maximum absolute atomic E-state index is 10.6. The minimum absolute atomic E-state index is 0.127. The number of nitrogen functional groups attached to an aromatic ring is 1. The van der Waals surface area contributed by atoms with E-state index in [-0.39, 0.29) is 11.4 Å². The van der Waals surface area contributed by atoms with E-state index in [0.717, 1.165) is 0 Å². The largest absolute Gasteiger partial charge is 0.393 e. The van der Waals surface area contributed by atoms with E-state index in [2.05, 4.69) is 11.8 Å². The van der Waals surface area contributed by atoms with Gasteiger partial charge in [-0.1, -0.05) is 5.92 Å². The van der Waals surface area contributed by atoms with Crippen LogP contribution in [0.1, 0.15) is 11.1 Å². The van der Waals surface area contributed by atoms with Crippen LogP contribution in [-0.2, 0) is 0 Å². The average molecular weight is 201 g/mol. The first-order valence-electron chi connectivity index (χ1n) is 4.01. The number of nitro benzene ring substituents is 1. The van der Waals surface area contributed by atoms with Gasteiger partial charge in [-0.25, -0.2) is 0 Å². The highest BCUT2D eigenvalue weighted by Gasteiger charge is 2.14. The van der Waals surface area contributed by atoms with Crippen LogP contribution < -0.4 is 5.73 Å². The minimum atomic E-state index is -0.570. The highest BCUT2D eigenvalue weighted by molar-refractivity contribution is 5.66. The standard InChI is InChI=1S/C10H7N3O2/c1-7-5-8(3-2-4-11)6-9(10(7)12)13(14)15/h5-6H,12H2,1H3. The van der Waals surface area contributed by atoms with Crippen LogP contribution in [0.15, 0.2) is 12.1 Å². The van der Waals surface area contributed by atoms with Crippen LogP contribution >= 0.6 is 0 Å². The predicted octanol–water partition coefficient (Wildman–Crippen LogP) is 1.36. The Kier molecular flexibility index (Phi) is 2.90. The van der Waals surface area contributed by atoms with Crippen molar-refractivity contribution < 1.29 is 4.92 Å². The first-order chi connectivity index (χ1) is 7.06. The van der Waals surface area contributed by atoms with Gasteiger partial charge in [0.15, 0.2) is 6.07 Å². The molecule has 0 fully saturated rings. The molecule has 0 atom stereocenters. The van der Waals surface area contributed by atoms with Crippen LogP contribution in [-0.4, -0.2) is 4.92 Å². The molecule has 0 aliphatic rings. The molecule has 5 nitrogen and oxygen atoms in total. The number of anilines is 1. The fourth-order valence-corrected chi connectivity index (χ4v) is 1.10. The third-order valence-electron chi connectivity index (χ3n) is 1.82. The zero-order valence-electron chi connectivity index (χ0n) is 7.94. The second-order valence-electron chi connectivity index (χ2n) is 2.84. The minimum Gasteiger partial charge on any atom is -0.393 e. The molecule has 1 aromatic carbocycles. The van der Waals surface area contributed by atoms with E-state index < -0.39 is 4.92 Å². The van der Waals surface area contributed by atoms with Crippen LogP contribution in [0.3, 0.4) is 0 Å². The third kappa shape index (κ3) is 2.23. The van der Waals surface area contributed by atoms with Gasteiger partial charge in [0.1, 0.15) is 5.69 Å². The van der Waals surface area contributed by atoms with Crippen molar-refractivity contribution in [3.8, 4) is 17.9 Å². The number of hydrogen-bond acceptors (Lipinski definition) is 4. The van der Waals surface area contributed by atoms with Crippen molar-refractivity contribution in [2.75, 3.05) is 5.73 Å². The highest BCUT2D eigenvalue weighted by atomic mass is 16.6. The number of nitrogens with zero attached hydrogens (tertiary/aromatic N) is 2. The summed E-state index contributed by atoms with van der Waals surface area (Å²) in [4.78, 5) is 10.0. The van der Waals surface area contributed by atoms with E-state index in [1.54, 1.807) is 19.1 Å². The van der Waals surface area contributed by atoms with Crippen molar-refractivity contribution in [3.05, 3.63) is 33.4 Å². The molecule has 15 heavy (non-hydrogen) atoms. The lowest BCUT2D eigenvalue weighted by Gasteiger charge is -2.01. The van der Waals surface area contributed by atoms with Gasteiger partial charge < -0.3 is 5.73 Å². The predicted molar refractivity (Wildman–Crippen MR) is 54.7 cm³/mol. The van der Waals surface area contributed by atoms with E-state index in [9.17, 15) is 10.1 Å². The first kappa shape index (κ1) is 10.6. The Morgan fingerprint density at radius 1 is 1.53 bits per heavy atom. The number of nitro groups is 1. The van der Waals surface area contributed by atoms with Crippen molar-refractivity contribution in [2.45, 2.75) is 6.92 Å². The lowest BCUT2D eigenvalue weighted by molar-refractivity contribution is -0.383. The van der Waals surface area contributed by atoms with Crippen LogP contribution in [0.2, 0.25) is 0 Å². The van der Waals surface area contributed by atoms with Gasteiger partial charge in [-0.05, 0) is 18.6 Å². The molecule has 0 radical (unpaired) electrons. The van der Waals surface area contributed by atoms with E-state index in [1.165, 1.54) is 6.07 Å². The smallest absolute Gasteiger partial charge is 0.293 e. The summed E-state index contributed by atoms with van der Waals surface area (Å²) in [6, 6.07) is 4.50. The molecule has 1 aromatic rings. The quantitative estimate of drug-likeness (QED) is 0.321. The number of rotatable bonds is 1. The number of nitrogens with two attached hydrogens (primary N) is 1. The van der Waals surface area contributed by atoms with Crippen molar-refractivity contribution in [1.82, 2.24) is 0 Å². The van der Waals surface area contributed by atoms with Gasteiger partial charge in [0.25, 0.3) is 5.69 Å². The summed E-state index contributed by atoms with van der Waals surface area (Å²) in [5.74, 6) is 4.66. The SMILES string of the molecule is Cc1cc(C#CC#N)cc([N+](=O)[O-])c1N. The Bertz CT molecular complexity index is 518. The molecule has 74 valence electrons. The second kappa shape index (κ2) is 4.12. The van der Waals surface area contributed by atoms with Gasteiger partial charge in [0.2, 0.25) is 0 Å². The topological polar surface area (TPSA) is 92.9 Å². The summed E-state index contributed by atoms with van der Waals surface area (Å²) in [5.41, 5.74) is 6.46. The van der Waals surface area contributed by atoms with Crippen LogP contribution in [0.25, 0.3) is 0 Å². The van der Waals surface area contributed by atoms with Crippen LogP contribution in [0.4, 0.5) is 11.4 Å². The Hall–Kier alpha value is -2.53. The van der Waals surface area contributed by atoms with E-state index in [0.29, 0.717) is 11.1 Å². The van der Waals surface area contributed by atoms with Crippen molar-refractivity contribution in [2.24, 2.45) is 0 Å². The molecule has 0 unspecified atom stereocenters. The molecule has 5 heteroatoms. The summed E-state index contributed by atoms with van der Waals surface area (Å²) in [7, 11) is 0. The molecule has 0 aliphatic carbocycles. The summed E-state index contributed by atoms with van der Waals surface area (Å²) < 4.78 is 0. The molecule has 0 heterocycles. The molecular formula is C10H7N3O2. The summed E-state index contributed by atoms with van der Waals surface area (Å²) in [6.45, 7) is 1.65.